The number of aryl methyl sites for hydroxylation is 1. The standard InChI is InChI=1S/C11H17NO2S/c1-3-9(4-5-13)12-11(14)10-7-15-6-8(10)2/h6-7,9,13H,3-5H2,1-2H3,(H,12,14)/t9-/m0/s1. The van der Waals surface area contributed by atoms with Crippen LogP contribution in [-0.2, 0) is 0 Å². The van der Waals surface area contributed by atoms with E-state index in [1.54, 1.807) is 0 Å². The van der Waals surface area contributed by atoms with Crippen LogP contribution in [0.25, 0.3) is 0 Å². The van der Waals surface area contributed by atoms with Crippen LogP contribution in [0.2, 0.25) is 0 Å². The van der Waals surface area contributed by atoms with E-state index in [0.717, 1.165) is 17.5 Å². The molecule has 4 heteroatoms. The quantitative estimate of drug-likeness (QED) is 0.807. The summed E-state index contributed by atoms with van der Waals surface area (Å²) in [6.07, 6.45) is 1.46. The van der Waals surface area contributed by atoms with Crippen LogP contribution in [0.15, 0.2) is 10.8 Å². The third-order valence-corrected chi connectivity index (χ3v) is 3.27. The summed E-state index contributed by atoms with van der Waals surface area (Å²) in [5.41, 5.74) is 1.76. The lowest BCUT2D eigenvalue weighted by Gasteiger charge is -2.15. The number of carbonyl (C=O) groups is 1. The fourth-order valence-electron chi connectivity index (χ4n) is 1.39. The maximum Gasteiger partial charge on any atom is 0.252 e. The number of aliphatic hydroxyl groups excluding tert-OH is 1. The Bertz CT molecular complexity index is 322. The van der Waals surface area contributed by atoms with E-state index in [1.807, 2.05) is 24.6 Å². The molecule has 1 heterocycles. The molecular weight excluding hydrogens is 210 g/mol. The molecule has 0 bridgehead atoms. The fraction of sp³-hybridized carbons (Fsp3) is 0.545. The lowest BCUT2D eigenvalue weighted by molar-refractivity contribution is 0.0929. The van der Waals surface area contributed by atoms with Crippen molar-refractivity contribution in [3.05, 3.63) is 21.9 Å². The van der Waals surface area contributed by atoms with Crippen molar-refractivity contribution in [1.29, 1.82) is 0 Å². The summed E-state index contributed by atoms with van der Waals surface area (Å²) in [4.78, 5) is 11.8. The predicted octanol–water partition coefficient (Wildman–Crippen LogP) is 1.95. The van der Waals surface area contributed by atoms with Gasteiger partial charge in [0.1, 0.15) is 0 Å². The molecule has 1 amide bonds. The Labute approximate surface area is 94.1 Å². The molecule has 0 fully saturated rings. The van der Waals surface area contributed by atoms with Crippen LogP contribution >= 0.6 is 11.3 Å². The number of nitrogens with one attached hydrogen (secondary N) is 1. The Morgan fingerprint density at radius 1 is 1.60 bits per heavy atom. The molecule has 0 saturated heterocycles. The van der Waals surface area contributed by atoms with E-state index in [0.29, 0.717) is 6.42 Å². The molecular formula is C11H17NO2S. The topological polar surface area (TPSA) is 49.3 Å². The maximum absolute atomic E-state index is 11.8. The number of amides is 1. The predicted molar refractivity (Wildman–Crippen MR) is 62.3 cm³/mol. The average Bonchev–Trinajstić information content (AvgIpc) is 2.63. The van der Waals surface area contributed by atoms with Crippen molar-refractivity contribution in [2.24, 2.45) is 0 Å². The van der Waals surface area contributed by atoms with Gasteiger partial charge in [0.15, 0.2) is 0 Å². The van der Waals surface area contributed by atoms with Gasteiger partial charge in [-0.05, 0) is 30.7 Å². The third kappa shape index (κ3) is 3.32. The Kier molecular flexibility index (Phi) is 4.78. The number of rotatable bonds is 5. The van der Waals surface area contributed by atoms with Gasteiger partial charge in [0.05, 0.1) is 5.56 Å². The van der Waals surface area contributed by atoms with E-state index in [2.05, 4.69) is 5.32 Å². The molecule has 15 heavy (non-hydrogen) atoms. The summed E-state index contributed by atoms with van der Waals surface area (Å²) in [5.74, 6) is -0.0333. The normalized spacial score (nSPS) is 12.5. The van der Waals surface area contributed by atoms with E-state index in [1.165, 1.54) is 11.3 Å². The Morgan fingerprint density at radius 2 is 2.33 bits per heavy atom. The summed E-state index contributed by atoms with van der Waals surface area (Å²) in [7, 11) is 0. The van der Waals surface area contributed by atoms with Crippen LogP contribution in [0.4, 0.5) is 0 Å². The van der Waals surface area contributed by atoms with Crippen LogP contribution in [0, 0.1) is 6.92 Å². The van der Waals surface area contributed by atoms with Crippen LogP contribution < -0.4 is 5.32 Å². The van der Waals surface area contributed by atoms with Crippen molar-refractivity contribution in [1.82, 2.24) is 5.32 Å². The molecule has 1 rings (SSSR count). The minimum atomic E-state index is -0.0333. The first-order chi connectivity index (χ1) is 7.19. The second-order valence-corrected chi connectivity index (χ2v) is 4.30. The lowest BCUT2D eigenvalue weighted by Crippen LogP contribution is -2.35. The van der Waals surface area contributed by atoms with Crippen molar-refractivity contribution < 1.29 is 9.90 Å². The first-order valence-electron chi connectivity index (χ1n) is 5.13. The smallest absolute Gasteiger partial charge is 0.252 e. The van der Waals surface area contributed by atoms with Gasteiger partial charge in [-0.25, -0.2) is 0 Å². The summed E-state index contributed by atoms with van der Waals surface area (Å²) >= 11 is 1.53. The number of hydrogen-bond acceptors (Lipinski definition) is 3. The summed E-state index contributed by atoms with van der Waals surface area (Å²) in [6.45, 7) is 4.04. The van der Waals surface area contributed by atoms with Gasteiger partial charge in [-0.1, -0.05) is 6.92 Å². The molecule has 3 nitrogen and oxygen atoms in total. The summed E-state index contributed by atoms with van der Waals surface area (Å²) in [5, 5.41) is 15.6. The van der Waals surface area contributed by atoms with Gasteiger partial charge in [0.25, 0.3) is 5.91 Å². The van der Waals surface area contributed by atoms with Crippen LogP contribution in [0.3, 0.4) is 0 Å². The highest BCUT2D eigenvalue weighted by Gasteiger charge is 2.13. The van der Waals surface area contributed by atoms with Crippen molar-refractivity contribution in [3.8, 4) is 0 Å². The van der Waals surface area contributed by atoms with Crippen LogP contribution in [-0.4, -0.2) is 23.7 Å². The molecule has 1 aromatic heterocycles. The van der Waals surface area contributed by atoms with Gasteiger partial charge in [0.2, 0.25) is 0 Å². The summed E-state index contributed by atoms with van der Waals surface area (Å²) in [6, 6.07) is 0.0711. The van der Waals surface area contributed by atoms with E-state index in [9.17, 15) is 4.79 Å². The SMILES string of the molecule is CC[C@@H](CCO)NC(=O)c1cscc1C. The first-order valence-corrected chi connectivity index (χ1v) is 6.07. The van der Waals surface area contributed by atoms with Crippen molar-refractivity contribution >= 4 is 17.2 Å². The van der Waals surface area contributed by atoms with Gasteiger partial charge in [-0.2, -0.15) is 11.3 Å². The van der Waals surface area contributed by atoms with Gasteiger partial charge in [-0.15, -0.1) is 0 Å². The largest absolute Gasteiger partial charge is 0.396 e. The highest BCUT2D eigenvalue weighted by molar-refractivity contribution is 7.08. The number of thiophene rings is 1. The molecule has 0 aliphatic carbocycles. The third-order valence-electron chi connectivity index (χ3n) is 2.41. The molecule has 1 aromatic rings. The van der Waals surface area contributed by atoms with Gasteiger partial charge >= 0.3 is 0 Å². The summed E-state index contributed by atoms with van der Waals surface area (Å²) < 4.78 is 0. The number of aliphatic hydroxyl groups is 1. The Hall–Kier alpha value is -0.870. The van der Waals surface area contributed by atoms with Crippen LogP contribution in [0.5, 0.6) is 0 Å². The zero-order chi connectivity index (χ0) is 11.3. The van der Waals surface area contributed by atoms with Crippen LogP contribution in [0.1, 0.15) is 35.7 Å². The fourth-order valence-corrected chi connectivity index (χ4v) is 2.22. The molecule has 0 aliphatic rings. The Morgan fingerprint density at radius 3 is 2.80 bits per heavy atom. The van der Waals surface area contributed by atoms with E-state index < -0.39 is 0 Å². The van der Waals surface area contributed by atoms with E-state index >= 15 is 0 Å². The molecule has 0 spiro atoms. The molecule has 84 valence electrons. The maximum atomic E-state index is 11.8. The second kappa shape index (κ2) is 5.88. The second-order valence-electron chi connectivity index (χ2n) is 3.56. The monoisotopic (exact) mass is 227 g/mol. The van der Waals surface area contributed by atoms with E-state index in [4.69, 9.17) is 5.11 Å². The molecule has 0 aromatic carbocycles. The van der Waals surface area contributed by atoms with Gasteiger partial charge in [0, 0.05) is 18.0 Å². The lowest BCUT2D eigenvalue weighted by atomic mass is 10.1. The molecule has 0 saturated carbocycles. The average molecular weight is 227 g/mol. The van der Waals surface area contributed by atoms with Gasteiger partial charge in [-0.3, -0.25) is 4.79 Å². The molecule has 0 radical (unpaired) electrons. The minimum absolute atomic E-state index is 0.0333. The molecule has 1 atom stereocenters. The number of hydrogen-bond donors (Lipinski definition) is 2. The minimum Gasteiger partial charge on any atom is -0.396 e. The zero-order valence-corrected chi connectivity index (χ0v) is 9.93. The molecule has 2 N–H and O–H groups in total. The zero-order valence-electron chi connectivity index (χ0n) is 9.12. The van der Waals surface area contributed by atoms with E-state index in [-0.39, 0.29) is 18.6 Å². The number of carbonyl (C=O) groups excluding carboxylic acids is 1. The highest BCUT2D eigenvalue weighted by atomic mass is 32.1. The molecule has 0 aliphatic heterocycles. The van der Waals surface area contributed by atoms with Crippen molar-refractivity contribution in [2.45, 2.75) is 32.7 Å². The first kappa shape index (κ1) is 12.2. The van der Waals surface area contributed by atoms with Crippen molar-refractivity contribution in [3.63, 3.8) is 0 Å². The molecule has 0 unspecified atom stereocenters. The Balaban J connectivity index is 2.58. The van der Waals surface area contributed by atoms with Gasteiger partial charge < -0.3 is 10.4 Å². The highest BCUT2D eigenvalue weighted by Crippen LogP contribution is 2.13. The van der Waals surface area contributed by atoms with Crippen molar-refractivity contribution in [2.75, 3.05) is 6.61 Å².